The Hall–Kier alpha value is -3.95. The first-order valence-electron chi connectivity index (χ1n) is 11.8. The van der Waals surface area contributed by atoms with Crippen LogP contribution in [-0.2, 0) is 16.9 Å². The van der Waals surface area contributed by atoms with E-state index in [2.05, 4.69) is 26.3 Å². The van der Waals surface area contributed by atoms with Crippen LogP contribution in [0.4, 0.5) is 15.9 Å². The number of imidazole rings is 1. The zero-order valence-electron chi connectivity index (χ0n) is 20.2. The highest BCUT2D eigenvalue weighted by Gasteiger charge is 2.46. The summed E-state index contributed by atoms with van der Waals surface area (Å²) in [4.78, 5) is 28.6. The van der Waals surface area contributed by atoms with Gasteiger partial charge in [-0.05, 0) is 45.1 Å². The first-order valence-corrected chi connectivity index (χ1v) is 11.8. The van der Waals surface area contributed by atoms with Crippen LogP contribution in [0.2, 0.25) is 0 Å². The maximum Gasteiger partial charge on any atom is 0.280 e. The summed E-state index contributed by atoms with van der Waals surface area (Å²) in [6.07, 6.45) is 5.15. The van der Waals surface area contributed by atoms with Crippen LogP contribution in [-0.4, -0.2) is 52.1 Å². The van der Waals surface area contributed by atoms with Crippen molar-refractivity contribution in [2.45, 2.75) is 25.0 Å². The fourth-order valence-electron chi connectivity index (χ4n) is 4.87. The van der Waals surface area contributed by atoms with E-state index in [0.29, 0.717) is 46.2 Å². The Labute approximate surface area is 207 Å². The molecule has 4 aromatic rings. The lowest BCUT2D eigenvalue weighted by Gasteiger charge is -2.21. The molecule has 1 aromatic carbocycles. The second-order valence-electron chi connectivity index (χ2n) is 9.46. The first kappa shape index (κ1) is 22.5. The standard InChI is InChI=1S/C27H25FN6O2/c1-33(2)15-20-18(27(36-3)10-11-27)7-8-22(31-20)30-19-6-4-5-17-24(19)26(35)32-25(17)21-14-29-23-13-16(28)9-12-34(21)23/h4-9,12-14H,10-11,15H2,1-3H3,(H,30,31). The van der Waals surface area contributed by atoms with Gasteiger partial charge in [0.1, 0.15) is 23.0 Å². The smallest absolute Gasteiger partial charge is 0.280 e. The number of hydrogen-bond donors (Lipinski definition) is 1. The van der Waals surface area contributed by atoms with E-state index in [-0.39, 0.29) is 17.3 Å². The lowest BCUT2D eigenvalue weighted by Crippen LogP contribution is -2.19. The van der Waals surface area contributed by atoms with Crippen molar-refractivity contribution in [3.63, 3.8) is 0 Å². The van der Waals surface area contributed by atoms with E-state index in [0.717, 1.165) is 24.1 Å². The molecule has 0 unspecified atom stereocenters. The number of rotatable bonds is 7. The number of methoxy groups -OCH3 is 1. The van der Waals surface area contributed by atoms with Crippen LogP contribution in [0, 0.1) is 5.82 Å². The molecule has 1 aliphatic carbocycles. The van der Waals surface area contributed by atoms with Gasteiger partial charge in [0.15, 0.2) is 0 Å². The van der Waals surface area contributed by atoms with E-state index in [9.17, 15) is 9.18 Å². The normalized spacial score (nSPS) is 15.9. The SMILES string of the molecule is COC1(c2ccc(Nc3cccc4c3C(=O)N=C4c3cnc4cc(F)ccn34)nc2CN(C)C)CC1. The zero-order chi connectivity index (χ0) is 25.0. The summed E-state index contributed by atoms with van der Waals surface area (Å²) in [5.41, 5.74) is 5.17. The molecule has 0 radical (unpaired) electrons. The minimum Gasteiger partial charge on any atom is -0.373 e. The third-order valence-electron chi connectivity index (χ3n) is 6.75. The Morgan fingerprint density at radius 2 is 2.03 bits per heavy atom. The van der Waals surface area contributed by atoms with Crippen LogP contribution in [0.1, 0.15) is 45.7 Å². The van der Waals surface area contributed by atoms with Crippen molar-refractivity contribution in [3.05, 3.63) is 88.8 Å². The maximum atomic E-state index is 13.6. The van der Waals surface area contributed by atoms with Crippen molar-refractivity contribution >= 4 is 28.8 Å². The molecule has 2 aliphatic rings. The molecule has 1 N–H and O–H groups in total. The van der Waals surface area contributed by atoms with Crippen molar-refractivity contribution in [2.75, 3.05) is 26.5 Å². The van der Waals surface area contributed by atoms with Gasteiger partial charge < -0.3 is 15.0 Å². The van der Waals surface area contributed by atoms with Gasteiger partial charge in [-0.15, -0.1) is 0 Å². The number of ether oxygens (including phenoxy) is 1. The highest BCUT2D eigenvalue weighted by atomic mass is 19.1. The minimum absolute atomic E-state index is 0.249. The molecule has 0 saturated heterocycles. The van der Waals surface area contributed by atoms with Gasteiger partial charge in [-0.25, -0.2) is 19.4 Å². The van der Waals surface area contributed by atoms with Gasteiger partial charge in [0.05, 0.1) is 34.4 Å². The fraction of sp³-hybridized carbons (Fsp3) is 0.259. The minimum atomic E-state index is -0.374. The Morgan fingerprint density at radius 3 is 2.78 bits per heavy atom. The van der Waals surface area contributed by atoms with E-state index in [4.69, 9.17) is 9.72 Å². The number of amides is 1. The number of halogens is 1. The van der Waals surface area contributed by atoms with Crippen LogP contribution in [0.3, 0.4) is 0 Å². The quantitative estimate of drug-likeness (QED) is 0.421. The topological polar surface area (TPSA) is 84.1 Å². The van der Waals surface area contributed by atoms with Crippen LogP contribution in [0.5, 0.6) is 0 Å². The highest BCUT2D eigenvalue weighted by Crippen LogP contribution is 2.50. The summed E-state index contributed by atoms with van der Waals surface area (Å²) in [6.45, 7) is 0.671. The number of benzene rings is 1. The Kier molecular flexibility index (Phi) is 5.20. The number of aliphatic imine (C=N–C) groups is 1. The molecule has 182 valence electrons. The van der Waals surface area contributed by atoms with Crippen molar-refractivity contribution < 1.29 is 13.9 Å². The first-order chi connectivity index (χ1) is 17.4. The number of aromatic nitrogens is 3. The van der Waals surface area contributed by atoms with Gasteiger partial charge in [-0.3, -0.25) is 9.20 Å². The summed E-state index contributed by atoms with van der Waals surface area (Å²) < 4.78 is 21.2. The molecule has 0 atom stereocenters. The van der Waals surface area contributed by atoms with Crippen molar-refractivity contribution in [2.24, 2.45) is 4.99 Å². The number of nitrogens with one attached hydrogen (secondary N) is 1. The molecule has 1 saturated carbocycles. The molecule has 0 spiro atoms. The summed E-state index contributed by atoms with van der Waals surface area (Å²) in [5.74, 6) is -0.0784. The van der Waals surface area contributed by atoms with E-state index in [1.807, 2.05) is 38.4 Å². The molecule has 8 nitrogen and oxygen atoms in total. The van der Waals surface area contributed by atoms with Crippen molar-refractivity contribution in [3.8, 4) is 0 Å². The lowest BCUT2D eigenvalue weighted by atomic mass is 10.0. The monoisotopic (exact) mass is 484 g/mol. The average Bonchev–Trinajstić information content (AvgIpc) is 3.42. The van der Waals surface area contributed by atoms with E-state index >= 15 is 0 Å². The van der Waals surface area contributed by atoms with Crippen LogP contribution >= 0.6 is 0 Å². The number of nitrogens with zero attached hydrogens (tertiary/aromatic N) is 5. The largest absolute Gasteiger partial charge is 0.373 e. The van der Waals surface area contributed by atoms with Crippen LogP contribution < -0.4 is 5.32 Å². The molecular formula is C27H25FN6O2. The van der Waals surface area contributed by atoms with Gasteiger partial charge in [-0.2, -0.15) is 0 Å². The predicted octanol–water partition coefficient (Wildman–Crippen LogP) is 4.30. The summed E-state index contributed by atoms with van der Waals surface area (Å²) >= 11 is 0. The summed E-state index contributed by atoms with van der Waals surface area (Å²) in [6, 6.07) is 12.3. The van der Waals surface area contributed by atoms with Gasteiger partial charge in [0.2, 0.25) is 0 Å². The lowest BCUT2D eigenvalue weighted by molar-refractivity contribution is 0.0772. The maximum absolute atomic E-state index is 13.6. The highest BCUT2D eigenvalue weighted by molar-refractivity contribution is 6.28. The second-order valence-corrected chi connectivity index (χ2v) is 9.46. The van der Waals surface area contributed by atoms with Crippen LogP contribution in [0.25, 0.3) is 5.65 Å². The van der Waals surface area contributed by atoms with Crippen LogP contribution in [0.15, 0.2) is 59.9 Å². The molecule has 1 aliphatic heterocycles. The Balaban J connectivity index is 1.37. The fourth-order valence-corrected chi connectivity index (χ4v) is 4.87. The average molecular weight is 485 g/mol. The summed E-state index contributed by atoms with van der Waals surface area (Å²) in [7, 11) is 5.76. The number of pyridine rings is 2. The number of carbonyl (C=O) groups excluding carboxylic acids is 1. The molecule has 3 aromatic heterocycles. The molecule has 36 heavy (non-hydrogen) atoms. The molecule has 1 fully saturated rings. The molecule has 9 heteroatoms. The third-order valence-corrected chi connectivity index (χ3v) is 6.75. The third kappa shape index (κ3) is 3.68. The number of fused-ring (bicyclic) bond motifs is 2. The molecule has 0 bridgehead atoms. The predicted molar refractivity (Wildman–Crippen MR) is 134 cm³/mol. The molecule has 1 amide bonds. The molecule has 4 heterocycles. The van der Waals surface area contributed by atoms with Crippen molar-refractivity contribution in [1.29, 1.82) is 0 Å². The van der Waals surface area contributed by atoms with E-state index in [1.54, 1.807) is 23.9 Å². The van der Waals surface area contributed by atoms with E-state index in [1.165, 1.54) is 12.1 Å². The Morgan fingerprint density at radius 1 is 1.19 bits per heavy atom. The second kappa shape index (κ2) is 8.32. The molecule has 6 rings (SSSR count). The molecular weight excluding hydrogens is 459 g/mol. The zero-order valence-corrected chi connectivity index (χ0v) is 20.2. The van der Waals surface area contributed by atoms with E-state index < -0.39 is 0 Å². The number of carbonyl (C=O) groups is 1. The van der Waals surface area contributed by atoms with Gasteiger partial charge in [0.25, 0.3) is 5.91 Å². The summed E-state index contributed by atoms with van der Waals surface area (Å²) in [5, 5.41) is 3.34. The number of hydrogen-bond acceptors (Lipinski definition) is 6. The van der Waals surface area contributed by atoms with Gasteiger partial charge in [-0.1, -0.05) is 18.2 Å². The number of anilines is 2. The Bertz CT molecular complexity index is 1550. The van der Waals surface area contributed by atoms with Gasteiger partial charge >= 0.3 is 0 Å². The van der Waals surface area contributed by atoms with Crippen molar-refractivity contribution in [1.82, 2.24) is 19.3 Å². The van der Waals surface area contributed by atoms with Gasteiger partial charge in [0, 0.05) is 37.0 Å².